The number of methoxy groups -OCH3 is 2. The molecule has 0 radical (unpaired) electrons. The summed E-state index contributed by atoms with van der Waals surface area (Å²) in [6.07, 6.45) is 3.76. The third-order valence-corrected chi connectivity index (χ3v) is 4.38. The fourth-order valence-corrected chi connectivity index (χ4v) is 3.39. The molecule has 3 heteroatoms. The van der Waals surface area contributed by atoms with Crippen molar-refractivity contribution in [3.8, 4) is 11.5 Å². The molecule has 3 rings (SSSR count). The number of benzene rings is 1. The van der Waals surface area contributed by atoms with Crippen molar-refractivity contribution in [2.75, 3.05) is 14.2 Å². The Kier molecular flexibility index (Phi) is 2.77. The van der Waals surface area contributed by atoms with E-state index >= 15 is 0 Å². The molecule has 2 fully saturated rings. The van der Waals surface area contributed by atoms with E-state index in [9.17, 15) is 4.79 Å². The van der Waals surface area contributed by atoms with E-state index < -0.39 is 0 Å². The molecular formula is C15H18O3. The van der Waals surface area contributed by atoms with Crippen LogP contribution in [-0.2, 0) is 0 Å². The van der Waals surface area contributed by atoms with Gasteiger partial charge in [0.25, 0.3) is 0 Å². The lowest BCUT2D eigenvalue weighted by Crippen LogP contribution is -2.06. The zero-order valence-electron chi connectivity index (χ0n) is 10.8. The van der Waals surface area contributed by atoms with Gasteiger partial charge < -0.3 is 9.47 Å². The fraction of sp³-hybridized carbons (Fsp3) is 0.533. The molecule has 1 aromatic rings. The minimum absolute atomic E-state index is 0.275. The first-order valence-corrected chi connectivity index (χ1v) is 6.52. The van der Waals surface area contributed by atoms with E-state index in [-0.39, 0.29) is 11.7 Å². The summed E-state index contributed by atoms with van der Waals surface area (Å²) in [5.74, 6) is 3.18. The monoisotopic (exact) mass is 246 g/mol. The number of fused-ring (bicyclic) bond motifs is 1. The molecule has 96 valence electrons. The van der Waals surface area contributed by atoms with Gasteiger partial charge in [-0.3, -0.25) is 4.79 Å². The SMILES string of the molecule is COc1ccc(C(=O)C2C3CCCC32)cc1OC. The van der Waals surface area contributed by atoms with Crippen LogP contribution in [0.3, 0.4) is 0 Å². The molecule has 18 heavy (non-hydrogen) atoms. The summed E-state index contributed by atoms with van der Waals surface area (Å²) in [5, 5.41) is 0. The Labute approximate surface area is 107 Å². The van der Waals surface area contributed by atoms with Gasteiger partial charge >= 0.3 is 0 Å². The standard InChI is InChI=1S/C15H18O3/c1-17-12-7-6-9(8-13(12)18-2)15(16)14-10-4-3-5-11(10)14/h6-8,10-11,14H,3-5H2,1-2H3. The lowest BCUT2D eigenvalue weighted by atomic mass is 10.0. The van der Waals surface area contributed by atoms with Crippen molar-refractivity contribution < 1.29 is 14.3 Å². The first-order valence-electron chi connectivity index (χ1n) is 6.52. The Bertz CT molecular complexity index is 471. The molecule has 3 nitrogen and oxygen atoms in total. The Morgan fingerprint density at radius 1 is 1.11 bits per heavy atom. The molecule has 0 amide bonds. The van der Waals surface area contributed by atoms with Crippen LogP contribution in [0.2, 0.25) is 0 Å². The van der Waals surface area contributed by atoms with Gasteiger partial charge in [-0.2, -0.15) is 0 Å². The molecule has 2 atom stereocenters. The zero-order chi connectivity index (χ0) is 12.7. The summed E-state index contributed by atoms with van der Waals surface area (Å²) in [6.45, 7) is 0. The van der Waals surface area contributed by atoms with Gasteiger partial charge in [-0.15, -0.1) is 0 Å². The second-order valence-corrected chi connectivity index (χ2v) is 5.22. The summed E-state index contributed by atoms with van der Waals surface area (Å²) >= 11 is 0. The molecule has 1 aromatic carbocycles. The highest BCUT2D eigenvalue weighted by Crippen LogP contribution is 2.58. The van der Waals surface area contributed by atoms with Crippen LogP contribution in [0.25, 0.3) is 0 Å². The van der Waals surface area contributed by atoms with E-state index in [1.165, 1.54) is 19.3 Å². The maximum atomic E-state index is 12.4. The third-order valence-electron chi connectivity index (χ3n) is 4.38. The van der Waals surface area contributed by atoms with E-state index in [4.69, 9.17) is 9.47 Å². The van der Waals surface area contributed by atoms with Crippen molar-refractivity contribution in [1.82, 2.24) is 0 Å². The summed E-state index contributed by atoms with van der Waals surface area (Å²) in [6, 6.07) is 5.46. The quantitative estimate of drug-likeness (QED) is 0.766. The molecule has 0 aliphatic heterocycles. The molecular weight excluding hydrogens is 228 g/mol. The second kappa shape index (κ2) is 4.30. The first kappa shape index (κ1) is 11.6. The molecule has 0 N–H and O–H groups in total. The van der Waals surface area contributed by atoms with Crippen LogP contribution < -0.4 is 9.47 Å². The second-order valence-electron chi connectivity index (χ2n) is 5.22. The van der Waals surface area contributed by atoms with Crippen LogP contribution in [0.4, 0.5) is 0 Å². The number of carbonyl (C=O) groups is 1. The molecule has 0 aromatic heterocycles. The Hall–Kier alpha value is -1.51. The Balaban J connectivity index is 1.82. The predicted molar refractivity (Wildman–Crippen MR) is 68.2 cm³/mol. The molecule has 2 unspecified atom stereocenters. The number of ketones is 1. The highest BCUT2D eigenvalue weighted by atomic mass is 16.5. The van der Waals surface area contributed by atoms with Gasteiger partial charge in [0, 0.05) is 11.5 Å². The minimum atomic E-state index is 0.275. The van der Waals surface area contributed by atoms with E-state index in [1.54, 1.807) is 20.3 Å². The van der Waals surface area contributed by atoms with E-state index in [0.717, 1.165) is 5.56 Å². The van der Waals surface area contributed by atoms with Crippen LogP contribution in [-0.4, -0.2) is 20.0 Å². The van der Waals surface area contributed by atoms with Gasteiger partial charge in [0.2, 0.25) is 0 Å². The first-order chi connectivity index (χ1) is 8.76. The summed E-state index contributed by atoms with van der Waals surface area (Å²) in [4.78, 5) is 12.4. The average Bonchev–Trinajstić information content (AvgIpc) is 2.89. The van der Waals surface area contributed by atoms with Crippen molar-refractivity contribution in [3.63, 3.8) is 0 Å². The van der Waals surface area contributed by atoms with Gasteiger partial charge in [-0.1, -0.05) is 6.42 Å². The van der Waals surface area contributed by atoms with Crippen LogP contribution in [0.1, 0.15) is 29.6 Å². The van der Waals surface area contributed by atoms with Crippen molar-refractivity contribution in [3.05, 3.63) is 23.8 Å². The normalized spacial score (nSPS) is 28.7. The summed E-state index contributed by atoms with van der Waals surface area (Å²) in [7, 11) is 3.20. The number of hydrogen-bond donors (Lipinski definition) is 0. The smallest absolute Gasteiger partial charge is 0.166 e. The number of hydrogen-bond acceptors (Lipinski definition) is 3. The number of carbonyl (C=O) groups excluding carboxylic acids is 1. The van der Waals surface area contributed by atoms with E-state index in [1.807, 2.05) is 12.1 Å². The van der Waals surface area contributed by atoms with E-state index in [2.05, 4.69) is 0 Å². The van der Waals surface area contributed by atoms with Crippen molar-refractivity contribution in [1.29, 1.82) is 0 Å². The van der Waals surface area contributed by atoms with Gasteiger partial charge in [0.05, 0.1) is 14.2 Å². The molecule has 0 heterocycles. The van der Waals surface area contributed by atoms with Gasteiger partial charge in [-0.05, 0) is 42.9 Å². The molecule has 0 saturated heterocycles. The maximum absolute atomic E-state index is 12.4. The predicted octanol–water partition coefficient (Wildman–Crippen LogP) is 2.93. The largest absolute Gasteiger partial charge is 0.493 e. The Morgan fingerprint density at radius 3 is 2.39 bits per heavy atom. The fourth-order valence-electron chi connectivity index (χ4n) is 3.39. The van der Waals surface area contributed by atoms with Crippen LogP contribution in [0.5, 0.6) is 11.5 Å². The van der Waals surface area contributed by atoms with Crippen molar-refractivity contribution >= 4 is 5.78 Å². The van der Waals surface area contributed by atoms with Crippen LogP contribution in [0, 0.1) is 17.8 Å². The lowest BCUT2D eigenvalue weighted by molar-refractivity contribution is 0.0951. The van der Waals surface area contributed by atoms with Crippen LogP contribution in [0.15, 0.2) is 18.2 Å². The number of Topliss-reactive ketones (excluding diaryl/α,β-unsaturated/α-hetero) is 1. The lowest BCUT2D eigenvalue weighted by Gasteiger charge is -2.09. The summed E-state index contributed by atoms with van der Waals surface area (Å²) < 4.78 is 10.4. The summed E-state index contributed by atoms with van der Waals surface area (Å²) in [5.41, 5.74) is 0.757. The minimum Gasteiger partial charge on any atom is -0.493 e. The Morgan fingerprint density at radius 2 is 1.78 bits per heavy atom. The van der Waals surface area contributed by atoms with Gasteiger partial charge in [0.1, 0.15) is 0 Å². The van der Waals surface area contributed by atoms with Crippen LogP contribution >= 0.6 is 0 Å². The molecule has 2 saturated carbocycles. The zero-order valence-corrected chi connectivity index (χ0v) is 10.8. The molecule has 2 aliphatic carbocycles. The molecule has 0 bridgehead atoms. The van der Waals surface area contributed by atoms with Crippen molar-refractivity contribution in [2.45, 2.75) is 19.3 Å². The van der Waals surface area contributed by atoms with E-state index in [0.29, 0.717) is 23.3 Å². The highest BCUT2D eigenvalue weighted by molar-refractivity contribution is 6.00. The molecule has 2 aliphatic rings. The number of ether oxygens (including phenoxy) is 2. The van der Waals surface area contributed by atoms with Gasteiger partial charge in [0.15, 0.2) is 17.3 Å². The average molecular weight is 246 g/mol. The highest BCUT2D eigenvalue weighted by Gasteiger charge is 2.56. The number of rotatable bonds is 4. The van der Waals surface area contributed by atoms with Crippen molar-refractivity contribution in [2.24, 2.45) is 17.8 Å². The third kappa shape index (κ3) is 1.69. The maximum Gasteiger partial charge on any atom is 0.166 e. The van der Waals surface area contributed by atoms with Gasteiger partial charge in [-0.25, -0.2) is 0 Å². The molecule has 0 spiro atoms. The topological polar surface area (TPSA) is 35.5 Å².